The summed E-state index contributed by atoms with van der Waals surface area (Å²) in [6, 6.07) is 4.42. The molecule has 0 saturated carbocycles. The fourth-order valence-corrected chi connectivity index (χ4v) is 1.42. The van der Waals surface area contributed by atoms with Crippen molar-refractivity contribution in [1.29, 1.82) is 0 Å². The van der Waals surface area contributed by atoms with Crippen molar-refractivity contribution < 1.29 is 14.3 Å². The van der Waals surface area contributed by atoms with Gasteiger partial charge in [0.1, 0.15) is 17.4 Å². The molecule has 0 aliphatic heterocycles. The van der Waals surface area contributed by atoms with Gasteiger partial charge in [-0.05, 0) is 40.5 Å². The molecule has 0 fully saturated rings. The Morgan fingerprint density at radius 1 is 1.56 bits per heavy atom. The standard InChI is InChI=1S/C10H12BrFN2O2/c11-8-6-7(3-4-9(8)12)16-5-1-2-10(13)14-15/h3-4,6,15H,1-2,5H2,(H2,13,14). The van der Waals surface area contributed by atoms with Gasteiger partial charge < -0.3 is 15.7 Å². The zero-order valence-electron chi connectivity index (χ0n) is 8.49. The summed E-state index contributed by atoms with van der Waals surface area (Å²) >= 11 is 3.06. The summed E-state index contributed by atoms with van der Waals surface area (Å²) in [5, 5.41) is 11.1. The number of nitrogens with two attached hydrogens (primary N) is 1. The summed E-state index contributed by atoms with van der Waals surface area (Å²) in [6.45, 7) is 0.425. The molecule has 1 rings (SSSR count). The van der Waals surface area contributed by atoms with Crippen molar-refractivity contribution in [2.75, 3.05) is 6.61 Å². The fourth-order valence-electron chi connectivity index (χ4n) is 1.06. The first kappa shape index (κ1) is 12.8. The highest BCUT2D eigenvalue weighted by atomic mass is 79.9. The second-order valence-corrected chi connectivity index (χ2v) is 3.97. The van der Waals surface area contributed by atoms with Crippen LogP contribution in [0.25, 0.3) is 0 Å². The van der Waals surface area contributed by atoms with Crippen molar-refractivity contribution in [2.24, 2.45) is 10.9 Å². The van der Waals surface area contributed by atoms with Gasteiger partial charge in [0.05, 0.1) is 11.1 Å². The summed E-state index contributed by atoms with van der Waals surface area (Å²) in [4.78, 5) is 0. The molecule has 0 spiro atoms. The molecule has 0 bridgehead atoms. The van der Waals surface area contributed by atoms with Crippen LogP contribution in [0.4, 0.5) is 4.39 Å². The number of rotatable bonds is 5. The normalized spacial score (nSPS) is 11.5. The average molecular weight is 291 g/mol. The minimum Gasteiger partial charge on any atom is -0.494 e. The molecule has 0 atom stereocenters. The van der Waals surface area contributed by atoms with Crippen molar-refractivity contribution in [3.8, 4) is 5.75 Å². The number of hydrogen-bond donors (Lipinski definition) is 2. The van der Waals surface area contributed by atoms with Gasteiger partial charge in [-0.1, -0.05) is 5.16 Å². The van der Waals surface area contributed by atoms with Crippen molar-refractivity contribution in [3.63, 3.8) is 0 Å². The van der Waals surface area contributed by atoms with E-state index in [9.17, 15) is 4.39 Å². The zero-order valence-corrected chi connectivity index (χ0v) is 10.1. The van der Waals surface area contributed by atoms with Gasteiger partial charge in [0.25, 0.3) is 0 Å². The quantitative estimate of drug-likeness (QED) is 0.288. The summed E-state index contributed by atoms with van der Waals surface area (Å²) in [5.74, 6) is 0.417. The van der Waals surface area contributed by atoms with E-state index >= 15 is 0 Å². The molecule has 0 aliphatic carbocycles. The number of benzene rings is 1. The van der Waals surface area contributed by atoms with Gasteiger partial charge >= 0.3 is 0 Å². The van der Waals surface area contributed by atoms with Gasteiger partial charge in [-0.15, -0.1) is 0 Å². The van der Waals surface area contributed by atoms with E-state index in [-0.39, 0.29) is 11.7 Å². The highest BCUT2D eigenvalue weighted by Gasteiger charge is 2.01. The van der Waals surface area contributed by atoms with Crippen LogP contribution in [-0.2, 0) is 0 Å². The Kier molecular flexibility index (Phi) is 5.04. The lowest BCUT2D eigenvalue weighted by Crippen LogP contribution is -2.12. The van der Waals surface area contributed by atoms with E-state index in [1.165, 1.54) is 6.07 Å². The minimum absolute atomic E-state index is 0.170. The fraction of sp³-hybridized carbons (Fsp3) is 0.300. The van der Waals surface area contributed by atoms with Gasteiger partial charge in [-0.3, -0.25) is 0 Å². The second kappa shape index (κ2) is 6.32. The third-order valence-electron chi connectivity index (χ3n) is 1.87. The molecule has 0 radical (unpaired) electrons. The molecule has 88 valence electrons. The molecule has 0 saturated heterocycles. The van der Waals surface area contributed by atoms with Gasteiger partial charge in [0.15, 0.2) is 0 Å². The van der Waals surface area contributed by atoms with E-state index in [4.69, 9.17) is 15.7 Å². The van der Waals surface area contributed by atoms with Crippen LogP contribution in [0.1, 0.15) is 12.8 Å². The van der Waals surface area contributed by atoms with E-state index in [1.54, 1.807) is 12.1 Å². The number of nitrogens with zero attached hydrogens (tertiary/aromatic N) is 1. The Morgan fingerprint density at radius 2 is 2.31 bits per heavy atom. The highest BCUT2D eigenvalue weighted by molar-refractivity contribution is 9.10. The van der Waals surface area contributed by atoms with E-state index in [0.717, 1.165) is 0 Å². The van der Waals surface area contributed by atoms with Crippen LogP contribution in [0.3, 0.4) is 0 Å². The van der Waals surface area contributed by atoms with Gasteiger partial charge in [0, 0.05) is 6.42 Å². The SMILES string of the molecule is N/C(CCCOc1ccc(F)c(Br)c1)=N/O. The summed E-state index contributed by atoms with van der Waals surface area (Å²) in [7, 11) is 0. The Bertz CT molecular complexity index is 385. The van der Waals surface area contributed by atoms with E-state index in [0.29, 0.717) is 29.7 Å². The van der Waals surface area contributed by atoms with E-state index < -0.39 is 0 Å². The summed E-state index contributed by atoms with van der Waals surface area (Å²) < 4.78 is 18.6. The Morgan fingerprint density at radius 3 is 2.94 bits per heavy atom. The van der Waals surface area contributed by atoms with Crippen LogP contribution in [0.5, 0.6) is 5.75 Å². The molecule has 0 aliphatic rings. The van der Waals surface area contributed by atoms with Crippen molar-refractivity contribution in [1.82, 2.24) is 0 Å². The predicted octanol–water partition coefficient (Wildman–Crippen LogP) is 2.49. The second-order valence-electron chi connectivity index (χ2n) is 3.12. The largest absolute Gasteiger partial charge is 0.494 e. The molecule has 0 aromatic heterocycles. The van der Waals surface area contributed by atoms with E-state index in [2.05, 4.69) is 21.1 Å². The molecule has 3 N–H and O–H groups in total. The van der Waals surface area contributed by atoms with Crippen LogP contribution in [0.15, 0.2) is 27.8 Å². The molecule has 6 heteroatoms. The lowest BCUT2D eigenvalue weighted by atomic mass is 10.3. The molecule has 4 nitrogen and oxygen atoms in total. The van der Waals surface area contributed by atoms with Crippen molar-refractivity contribution in [2.45, 2.75) is 12.8 Å². The third kappa shape index (κ3) is 4.06. The molecule has 16 heavy (non-hydrogen) atoms. The van der Waals surface area contributed by atoms with Crippen LogP contribution < -0.4 is 10.5 Å². The molecular weight excluding hydrogens is 279 g/mol. The van der Waals surface area contributed by atoms with Crippen molar-refractivity contribution in [3.05, 3.63) is 28.5 Å². The minimum atomic E-state index is -0.330. The Labute approximate surface area is 101 Å². The first-order valence-electron chi connectivity index (χ1n) is 4.67. The molecule has 0 heterocycles. The first-order chi connectivity index (χ1) is 7.63. The van der Waals surface area contributed by atoms with Gasteiger partial charge in [-0.2, -0.15) is 0 Å². The van der Waals surface area contributed by atoms with Crippen molar-refractivity contribution >= 4 is 21.8 Å². The zero-order chi connectivity index (χ0) is 12.0. The molecular formula is C10H12BrFN2O2. The average Bonchev–Trinajstić information content (AvgIpc) is 2.28. The van der Waals surface area contributed by atoms with Crippen LogP contribution >= 0.6 is 15.9 Å². The monoisotopic (exact) mass is 290 g/mol. The Hall–Kier alpha value is -1.30. The maximum Gasteiger partial charge on any atom is 0.139 e. The summed E-state index contributed by atoms with van der Waals surface area (Å²) in [5.41, 5.74) is 5.28. The number of oxime groups is 1. The number of hydrogen-bond acceptors (Lipinski definition) is 3. The Balaban J connectivity index is 2.35. The predicted molar refractivity (Wildman–Crippen MR) is 62.2 cm³/mol. The summed E-state index contributed by atoms with van der Waals surface area (Å²) in [6.07, 6.45) is 1.09. The lowest BCUT2D eigenvalue weighted by molar-refractivity contribution is 0.305. The first-order valence-corrected chi connectivity index (χ1v) is 5.47. The van der Waals surface area contributed by atoms with Crippen LogP contribution in [0, 0.1) is 5.82 Å². The van der Waals surface area contributed by atoms with Gasteiger partial charge in [0.2, 0.25) is 0 Å². The molecule has 0 unspecified atom stereocenters. The van der Waals surface area contributed by atoms with E-state index in [1.807, 2.05) is 0 Å². The van der Waals surface area contributed by atoms with Crippen LogP contribution in [0.2, 0.25) is 0 Å². The third-order valence-corrected chi connectivity index (χ3v) is 2.47. The smallest absolute Gasteiger partial charge is 0.139 e. The van der Waals surface area contributed by atoms with Crippen LogP contribution in [-0.4, -0.2) is 17.6 Å². The molecule has 1 aromatic carbocycles. The number of halogens is 2. The maximum absolute atomic E-state index is 12.9. The topological polar surface area (TPSA) is 67.8 Å². The number of ether oxygens (including phenoxy) is 1. The molecule has 1 aromatic rings. The highest BCUT2D eigenvalue weighted by Crippen LogP contribution is 2.21. The lowest BCUT2D eigenvalue weighted by Gasteiger charge is -2.06. The maximum atomic E-state index is 12.9. The molecule has 0 amide bonds. The number of amidine groups is 1. The van der Waals surface area contributed by atoms with Gasteiger partial charge in [-0.25, -0.2) is 4.39 Å².